The van der Waals surface area contributed by atoms with E-state index in [0.29, 0.717) is 32.4 Å². The second-order valence-electron chi connectivity index (χ2n) is 7.53. The molecule has 3 heterocycles. The first-order valence-corrected chi connectivity index (χ1v) is 11.5. The minimum atomic E-state index is -0.255. The summed E-state index contributed by atoms with van der Waals surface area (Å²) in [4.78, 5) is 31.1. The number of nitrogens with zero attached hydrogens (tertiary/aromatic N) is 5. The maximum Gasteiger partial charge on any atom is 0.267 e. The molecule has 0 spiro atoms. The van der Waals surface area contributed by atoms with Gasteiger partial charge in [-0.2, -0.15) is 0 Å². The zero-order chi connectivity index (χ0) is 22.7. The van der Waals surface area contributed by atoms with Crippen LogP contribution in [0.2, 0.25) is 5.02 Å². The van der Waals surface area contributed by atoms with E-state index in [1.807, 2.05) is 32.0 Å². The third-order valence-corrected chi connectivity index (χ3v) is 6.49. The summed E-state index contributed by atoms with van der Waals surface area (Å²) in [6, 6.07) is 7.41. The second kappa shape index (κ2) is 9.81. The van der Waals surface area contributed by atoms with Crippen molar-refractivity contribution in [1.82, 2.24) is 19.9 Å². The standard InChI is InChI=1S/C22H25ClN7OS/c1-4-29-8-10-30(11-9-29)19-12-18(25-15(3)26-19)27-22-24-13-17(32-22)21(31)28-20-14(2)6-5-7-16(20)23/h5-7,12-13H,1,4,8-11H2,2-3H3,(H,28,31)(H,24,25,26,27). The number of hydrogen-bond acceptors (Lipinski definition) is 8. The number of halogens is 1. The molecule has 1 radical (unpaired) electrons. The van der Waals surface area contributed by atoms with Gasteiger partial charge >= 0.3 is 0 Å². The number of nitrogens with one attached hydrogen (secondary N) is 2. The Kier molecular flexibility index (Phi) is 6.88. The zero-order valence-electron chi connectivity index (χ0n) is 18.1. The lowest BCUT2D eigenvalue weighted by atomic mass is 10.2. The monoisotopic (exact) mass is 470 g/mol. The van der Waals surface area contributed by atoms with Gasteiger partial charge in [0.05, 0.1) is 16.9 Å². The molecule has 1 saturated heterocycles. The highest BCUT2D eigenvalue weighted by Crippen LogP contribution is 2.28. The van der Waals surface area contributed by atoms with Crippen LogP contribution in [0.15, 0.2) is 30.5 Å². The van der Waals surface area contributed by atoms with Crippen LogP contribution in [0.1, 0.15) is 21.1 Å². The van der Waals surface area contributed by atoms with E-state index in [1.54, 1.807) is 12.3 Å². The van der Waals surface area contributed by atoms with E-state index in [4.69, 9.17) is 11.6 Å². The molecule has 167 valence electrons. The van der Waals surface area contributed by atoms with Gasteiger partial charge in [0.25, 0.3) is 5.91 Å². The van der Waals surface area contributed by atoms with Crippen LogP contribution in [-0.2, 0) is 0 Å². The Labute approximate surface area is 196 Å². The fraction of sp³-hybridized carbons (Fsp3) is 0.318. The van der Waals surface area contributed by atoms with E-state index in [2.05, 4.69) is 42.3 Å². The molecule has 1 amide bonds. The number of hydrogen-bond donors (Lipinski definition) is 2. The van der Waals surface area contributed by atoms with Gasteiger partial charge in [0.15, 0.2) is 5.13 Å². The Morgan fingerprint density at radius 3 is 2.72 bits per heavy atom. The molecule has 3 aromatic rings. The Balaban J connectivity index is 1.45. The lowest BCUT2D eigenvalue weighted by Crippen LogP contribution is -2.46. The van der Waals surface area contributed by atoms with Crippen LogP contribution in [0.5, 0.6) is 0 Å². The normalized spacial score (nSPS) is 14.4. The predicted octanol–water partition coefficient (Wildman–Crippen LogP) is 4.16. The van der Waals surface area contributed by atoms with Crippen LogP contribution >= 0.6 is 22.9 Å². The summed E-state index contributed by atoms with van der Waals surface area (Å²) in [5, 5.41) is 7.16. The van der Waals surface area contributed by atoms with Crippen molar-refractivity contribution in [2.45, 2.75) is 13.8 Å². The molecule has 1 aromatic carbocycles. The molecule has 2 aromatic heterocycles. The number of para-hydroxylation sites is 1. The van der Waals surface area contributed by atoms with Crippen molar-refractivity contribution in [3.63, 3.8) is 0 Å². The number of piperazine rings is 1. The smallest absolute Gasteiger partial charge is 0.267 e. The number of carbonyl (C=O) groups is 1. The van der Waals surface area contributed by atoms with Crippen LogP contribution in [0.4, 0.5) is 22.5 Å². The summed E-state index contributed by atoms with van der Waals surface area (Å²) in [5.41, 5.74) is 1.51. The van der Waals surface area contributed by atoms with Crippen LogP contribution in [0, 0.1) is 20.8 Å². The number of rotatable bonds is 6. The molecular weight excluding hydrogens is 446 g/mol. The molecule has 1 aliphatic heterocycles. The summed E-state index contributed by atoms with van der Waals surface area (Å²) in [6.45, 7) is 12.3. The molecule has 4 rings (SSSR count). The first-order chi connectivity index (χ1) is 15.4. The summed E-state index contributed by atoms with van der Waals surface area (Å²) in [5.74, 6) is 1.95. The minimum absolute atomic E-state index is 0.255. The van der Waals surface area contributed by atoms with Crippen LogP contribution < -0.4 is 15.5 Å². The number of benzene rings is 1. The molecule has 0 aliphatic carbocycles. The second-order valence-corrected chi connectivity index (χ2v) is 8.97. The molecule has 10 heteroatoms. The molecule has 32 heavy (non-hydrogen) atoms. The summed E-state index contributed by atoms with van der Waals surface area (Å²) >= 11 is 7.47. The Bertz CT molecular complexity index is 1090. The molecule has 1 fully saturated rings. The van der Waals surface area contributed by atoms with Gasteiger partial charge in [-0.1, -0.05) is 35.1 Å². The van der Waals surface area contributed by atoms with Crippen LogP contribution in [0.3, 0.4) is 0 Å². The van der Waals surface area contributed by atoms with Crippen LogP contribution in [0.25, 0.3) is 0 Å². The van der Waals surface area contributed by atoms with E-state index in [1.165, 1.54) is 11.3 Å². The highest BCUT2D eigenvalue weighted by atomic mass is 35.5. The van der Waals surface area contributed by atoms with Gasteiger partial charge in [0, 0.05) is 32.2 Å². The lowest BCUT2D eigenvalue weighted by Gasteiger charge is -2.34. The molecule has 8 nitrogen and oxygen atoms in total. The van der Waals surface area contributed by atoms with Crippen molar-refractivity contribution in [2.75, 3.05) is 48.3 Å². The third-order valence-electron chi connectivity index (χ3n) is 5.26. The summed E-state index contributed by atoms with van der Waals surface area (Å²) in [7, 11) is 0. The Hall–Kier alpha value is -2.75. The molecule has 0 unspecified atom stereocenters. The topological polar surface area (TPSA) is 86.3 Å². The molecule has 0 saturated carbocycles. The van der Waals surface area contributed by atoms with Gasteiger partial charge in [0.2, 0.25) is 0 Å². The molecule has 1 aliphatic rings. The van der Waals surface area contributed by atoms with E-state index in [9.17, 15) is 4.79 Å². The van der Waals surface area contributed by atoms with Crippen molar-refractivity contribution in [3.8, 4) is 0 Å². The number of carbonyl (C=O) groups excluding carboxylic acids is 1. The first-order valence-electron chi connectivity index (χ1n) is 10.3. The maximum atomic E-state index is 12.7. The fourth-order valence-electron chi connectivity index (χ4n) is 3.49. The average Bonchev–Trinajstić information content (AvgIpc) is 3.24. The zero-order valence-corrected chi connectivity index (χ0v) is 19.6. The number of anilines is 4. The number of thiazole rings is 1. The number of amides is 1. The quantitative estimate of drug-likeness (QED) is 0.559. The van der Waals surface area contributed by atoms with Crippen molar-refractivity contribution >= 4 is 51.3 Å². The fourth-order valence-corrected chi connectivity index (χ4v) is 4.48. The summed E-state index contributed by atoms with van der Waals surface area (Å²) < 4.78 is 0. The molecular formula is C22H25ClN7OS. The highest BCUT2D eigenvalue weighted by Gasteiger charge is 2.19. The lowest BCUT2D eigenvalue weighted by molar-refractivity contribution is 0.103. The van der Waals surface area contributed by atoms with Crippen molar-refractivity contribution in [2.24, 2.45) is 0 Å². The van der Waals surface area contributed by atoms with Crippen LogP contribution in [-0.4, -0.2) is 58.5 Å². The van der Waals surface area contributed by atoms with Gasteiger partial charge < -0.3 is 15.5 Å². The van der Waals surface area contributed by atoms with E-state index >= 15 is 0 Å². The Morgan fingerprint density at radius 1 is 1.22 bits per heavy atom. The van der Waals surface area contributed by atoms with E-state index in [-0.39, 0.29) is 5.91 Å². The van der Waals surface area contributed by atoms with Gasteiger partial charge in [0.1, 0.15) is 22.3 Å². The summed E-state index contributed by atoms with van der Waals surface area (Å²) in [6.07, 6.45) is 1.54. The Morgan fingerprint density at radius 2 is 2.00 bits per heavy atom. The number of aromatic nitrogens is 3. The average molecular weight is 471 g/mol. The van der Waals surface area contributed by atoms with E-state index in [0.717, 1.165) is 44.1 Å². The maximum absolute atomic E-state index is 12.7. The van der Waals surface area contributed by atoms with Crippen molar-refractivity contribution in [1.29, 1.82) is 0 Å². The van der Waals surface area contributed by atoms with Gasteiger partial charge in [-0.25, -0.2) is 15.0 Å². The van der Waals surface area contributed by atoms with Crippen molar-refractivity contribution in [3.05, 3.63) is 58.7 Å². The molecule has 0 bridgehead atoms. The van der Waals surface area contributed by atoms with Gasteiger partial charge in [-0.3, -0.25) is 9.69 Å². The van der Waals surface area contributed by atoms with Crippen molar-refractivity contribution < 1.29 is 4.79 Å². The first kappa shape index (κ1) is 22.4. The highest BCUT2D eigenvalue weighted by molar-refractivity contribution is 7.17. The number of aryl methyl sites for hydroxylation is 2. The van der Waals surface area contributed by atoms with Gasteiger partial charge in [-0.05, 0) is 38.9 Å². The van der Waals surface area contributed by atoms with Gasteiger partial charge in [-0.15, -0.1) is 0 Å². The minimum Gasteiger partial charge on any atom is -0.354 e. The van der Waals surface area contributed by atoms with E-state index < -0.39 is 0 Å². The SMILES string of the molecule is [CH2]CN1CCN(c2cc(Nc3ncc(C(=O)Nc4c(C)cccc4Cl)s3)nc(C)n2)CC1. The predicted molar refractivity (Wildman–Crippen MR) is 130 cm³/mol. The largest absolute Gasteiger partial charge is 0.354 e. The molecule has 2 N–H and O–H groups in total. The molecule has 0 atom stereocenters. The third kappa shape index (κ3) is 5.17.